The highest BCUT2D eigenvalue weighted by Crippen LogP contribution is 2.19. The molecular formula is C6H6BrNS. The van der Waals surface area contributed by atoms with Crippen molar-refractivity contribution >= 4 is 32.8 Å². The fourth-order valence-electron chi connectivity index (χ4n) is 0.450. The Balaban J connectivity index is 2.98. The largest absolute Gasteiger partial charge is 0.230 e. The molecule has 0 atom stereocenters. The third kappa shape index (κ3) is 1.63. The molecular weight excluding hydrogens is 198 g/mol. The minimum absolute atomic E-state index is 0.894. The predicted molar refractivity (Wildman–Crippen MR) is 44.5 cm³/mol. The molecule has 0 saturated carbocycles. The molecule has 0 fully saturated rings. The van der Waals surface area contributed by atoms with Gasteiger partial charge in [-0.05, 0) is 28.4 Å². The van der Waals surface area contributed by atoms with Crippen molar-refractivity contribution in [2.45, 2.75) is 6.92 Å². The summed E-state index contributed by atoms with van der Waals surface area (Å²) in [4.78, 5) is 4.15. The number of hydrogen-bond donors (Lipinski definition) is 0. The molecule has 1 nitrogen and oxygen atoms in total. The molecule has 0 saturated heterocycles. The van der Waals surface area contributed by atoms with Crippen LogP contribution in [0.1, 0.15) is 11.9 Å². The normalized spacial score (nSPS) is 9.56. The molecule has 0 aliphatic rings. The van der Waals surface area contributed by atoms with Crippen LogP contribution in [0.5, 0.6) is 0 Å². The highest BCUT2D eigenvalue weighted by atomic mass is 79.9. The molecule has 0 N–H and O–H groups in total. The average Bonchev–Trinajstić information content (AvgIpc) is 2.14. The van der Waals surface area contributed by atoms with E-state index >= 15 is 0 Å². The first-order chi connectivity index (χ1) is 4.20. The van der Waals surface area contributed by atoms with Crippen molar-refractivity contribution in [2.24, 2.45) is 0 Å². The van der Waals surface area contributed by atoms with Crippen LogP contribution in [0.15, 0.2) is 16.6 Å². The van der Waals surface area contributed by atoms with Gasteiger partial charge in [0.05, 0.1) is 0 Å². The van der Waals surface area contributed by atoms with Gasteiger partial charge in [0.2, 0.25) is 0 Å². The summed E-state index contributed by atoms with van der Waals surface area (Å²) in [5.41, 5.74) is 1.02. The summed E-state index contributed by atoms with van der Waals surface area (Å²) in [7, 11) is 0. The Labute approximate surface area is 66.6 Å². The Kier molecular flexibility index (Phi) is 2.03. The van der Waals surface area contributed by atoms with Gasteiger partial charge in [-0.1, -0.05) is 6.58 Å². The third-order valence-electron chi connectivity index (χ3n) is 0.841. The standard InChI is InChI=1S/C6H6BrNS/c1-4(2)6-8-5(7)3-9-6/h3H,1H2,2H3. The van der Waals surface area contributed by atoms with E-state index in [1.165, 1.54) is 0 Å². The minimum atomic E-state index is 0.894. The van der Waals surface area contributed by atoms with Crippen LogP contribution in [0.25, 0.3) is 5.57 Å². The second-order valence-corrected chi connectivity index (χ2v) is 3.43. The Hall–Kier alpha value is -0.150. The van der Waals surface area contributed by atoms with Crippen molar-refractivity contribution in [1.29, 1.82) is 0 Å². The van der Waals surface area contributed by atoms with Crippen LogP contribution in [-0.2, 0) is 0 Å². The van der Waals surface area contributed by atoms with Crippen LogP contribution in [0.4, 0.5) is 0 Å². The summed E-state index contributed by atoms with van der Waals surface area (Å²) >= 11 is 4.86. The number of thiazole rings is 1. The minimum Gasteiger partial charge on any atom is -0.230 e. The van der Waals surface area contributed by atoms with Crippen LogP contribution >= 0.6 is 27.3 Å². The van der Waals surface area contributed by atoms with Crippen molar-refractivity contribution in [2.75, 3.05) is 0 Å². The topological polar surface area (TPSA) is 12.9 Å². The van der Waals surface area contributed by atoms with Crippen LogP contribution in [-0.4, -0.2) is 4.98 Å². The third-order valence-corrected chi connectivity index (χ3v) is 2.55. The first-order valence-corrected chi connectivity index (χ1v) is 4.14. The summed E-state index contributed by atoms with van der Waals surface area (Å²) in [5, 5.41) is 2.95. The molecule has 48 valence electrons. The van der Waals surface area contributed by atoms with Crippen molar-refractivity contribution in [3.63, 3.8) is 0 Å². The lowest BCUT2D eigenvalue weighted by molar-refractivity contribution is 1.32. The fraction of sp³-hybridized carbons (Fsp3) is 0.167. The maximum absolute atomic E-state index is 4.15. The quantitative estimate of drug-likeness (QED) is 0.685. The van der Waals surface area contributed by atoms with Crippen LogP contribution in [0, 0.1) is 0 Å². The number of halogens is 1. The fourth-order valence-corrected chi connectivity index (χ4v) is 1.64. The van der Waals surface area contributed by atoms with Gasteiger partial charge in [0.15, 0.2) is 0 Å². The van der Waals surface area contributed by atoms with Gasteiger partial charge in [0.1, 0.15) is 9.61 Å². The number of rotatable bonds is 1. The predicted octanol–water partition coefficient (Wildman–Crippen LogP) is 2.94. The van der Waals surface area contributed by atoms with Crippen molar-refractivity contribution in [1.82, 2.24) is 4.98 Å². The highest BCUT2D eigenvalue weighted by molar-refractivity contribution is 9.10. The zero-order chi connectivity index (χ0) is 6.85. The Morgan fingerprint density at radius 2 is 2.56 bits per heavy atom. The molecule has 0 aliphatic heterocycles. The molecule has 0 unspecified atom stereocenters. The van der Waals surface area contributed by atoms with E-state index in [0.29, 0.717) is 0 Å². The van der Waals surface area contributed by atoms with E-state index in [1.54, 1.807) is 11.3 Å². The Bertz CT molecular complexity index is 229. The van der Waals surface area contributed by atoms with E-state index in [0.717, 1.165) is 15.2 Å². The van der Waals surface area contributed by atoms with Gasteiger partial charge in [0, 0.05) is 5.38 Å². The van der Waals surface area contributed by atoms with Crippen LogP contribution in [0.2, 0.25) is 0 Å². The number of nitrogens with zero attached hydrogens (tertiary/aromatic N) is 1. The summed E-state index contributed by atoms with van der Waals surface area (Å²) in [5.74, 6) is 0. The molecule has 0 amide bonds. The first-order valence-electron chi connectivity index (χ1n) is 2.47. The van der Waals surface area contributed by atoms with Crippen molar-refractivity contribution in [3.8, 4) is 0 Å². The van der Waals surface area contributed by atoms with Crippen LogP contribution < -0.4 is 0 Å². The van der Waals surface area contributed by atoms with Crippen molar-refractivity contribution < 1.29 is 0 Å². The zero-order valence-electron chi connectivity index (χ0n) is 5.02. The average molecular weight is 204 g/mol. The van der Waals surface area contributed by atoms with E-state index in [-0.39, 0.29) is 0 Å². The van der Waals surface area contributed by atoms with Gasteiger partial charge in [-0.2, -0.15) is 0 Å². The van der Waals surface area contributed by atoms with Gasteiger partial charge < -0.3 is 0 Å². The molecule has 0 aliphatic carbocycles. The first kappa shape index (κ1) is 6.96. The van der Waals surface area contributed by atoms with E-state index < -0.39 is 0 Å². The van der Waals surface area contributed by atoms with E-state index in [2.05, 4.69) is 27.5 Å². The molecule has 9 heavy (non-hydrogen) atoms. The lowest BCUT2D eigenvalue weighted by atomic mass is 10.4. The van der Waals surface area contributed by atoms with Gasteiger partial charge in [0.25, 0.3) is 0 Å². The molecule has 1 heterocycles. The smallest absolute Gasteiger partial charge is 0.119 e. The van der Waals surface area contributed by atoms with E-state index in [9.17, 15) is 0 Å². The van der Waals surface area contributed by atoms with Crippen LogP contribution in [0.3, 0.4) is 0 Å². The summed E-state index contributed by atoms with van der Waals surface area (Å²) in [6, 6.07) is 0. The molecule has 3 heteroatoms. The second-order valence-electron chi connectivity index (χ2n) is 1.76. The lowest BCUT2D eigenvalue weighted by Gasteiger charge is -1.85. The monoisotopic (exact) mass is 203 g/mol. The summed E-state index contributed by atoms with van der Waals surface area (Å²) in [6.45, 7) is 5.72. The molecule has 1 rings (SSSR count). The van der Waals surface area contributed by atoms with Gasteiger partial charge in [-0.25, -0.2) is 4.98 Å². The zero-order valence-corrected chi connectivity index (χ0v) is 7.42. The molecule has 0 aromatic carbocycles. The van der Waals surface area contributed by atoms with E-state index in [4.69, 9.17) is 0 Å². The van der Waals surface area contributed by atoms with Crippen molar-refractivity contribution in [3.05, 3.63) is 21.6 Å². The summed E-state index contributed by atoms with van der Waals surface area (Å²) < 4.78 is 0.894. The van der Waals surface area contributed by atoms with Gasteiger partial charge in [-0.15, -0.1) is 11.3 Å². The molecule has 0 spiro atoms. The van der Waals surface area contributed by atoms with E-state index in [1.807, 2.05) is 12.3 Å². The molecule has 0 radical (unpaired) electrons. The highest BCUT2D eigenvalue weighted by Gasteiger charge is 1.97. The Morgan fingerprint density at radius 3 is 2.78 bits per heavy atom. The number of aromatic nitrogens is 1. The Morgan fingerprint density at radius 1 is 1.89 bits per heavy atom. The molecule has 1 aromatic rings. The SMILES string of the molecule is C=C(C)c1nc(Br)cs1. The van der Waals surface area contributed by atoms with Gasteiger partial charge >= 0.3 is 0 Å². The maximum atomic E-state index is 4.15. The second kappa shape index (κ2) is 2.62. The number of allylic oxidation sites excluding steroid dienone is 1. The number of hydrogen-bond acceptors (Lipinski definition) is 2. The maximum Gasteiger partial charge on any atom is 0.119 e. The van der Waals surface area contributed by atoms with Gasteiger partial charge in [-0.3, -0.25) is 0 Å². The molecule has 1 aromatic heterocycles. The lowest BCUT2D eigenvalue weighted by Crippen LogP contribution is -1.71. The molecule has 0 bridgehead atoms. The summed E-state index contributed by atoms with van der Waals surface area (Å²) in [6.07, 6.45) is 0.